The molecule has 0 heterocycles. The lowest BCUT2D eigenvalue weighted by Gasteiger charge is -2.10. The highest BCUT2D eigenvalue weighted by Crippen LogP contribution is 2.14. The first kappa shape index (κ1) is 10.0. The number of carbonyl (C=O) groups excluding carboxylic acids is 1. The Morgan fingerprint density at radius 2 is 2.23 bits per heavy atom. The Kier molecular flexibility index (Phi) is 3.30. The zero-order valence-corrected chi connectivity index (χ0v) is 7.41. The molecule has 0 bridgehead atoms. The van der Waals surface area contributed by atoms with E-state index in [0.29, 0.717) is 11.8 Å². The van der Waals surface area contributed by atoms with Crippen LogP contribution >= 0.6 is 0 Å². The topological polar surface area (TPSA) is 77.4 Å². The minimum atomic E-state index is -2.42. The molecule has 0 aromatic heterocycles. The Labute approximate surface area is 77.5 Å². The van der Waals surface area contributed by atoms with Crippen LogP contribution < -0.4 is 0 Å². The first-order chi connectivity index (χ1) is 6.19. The molecule has 0 saturated heterocycles. The third-order valence-corrected chi connectivity index (χ3v) is 2.32. The molecular formula is C8H7O4S-. The van der Waals surface area contributed by atoms with Crippen LogP contribution in [0, 0.1) is 0 Å². The summed E-state index contributed by atoms with van der Waals surface area (Å²) in [6.45, 7) is -0.359. The van der Waals surface area contributed by atoms with Crippen LogP contribution in [-0.4, -0.2) is 20.2 Å². The summed E-state index contributed by atoms with van der Waals surface area (Å²) in [7, 11) is 0. The van der Waals surface area contributed by atoms with Crippen molar-refractivity contribution in [3.63, 3.8) is 0 Å². The molecule has 13 heavy (non-hydrogen) atoms. The van der Waals surface area contributed by atoms with Crippen molar-refractivity contribution < 1.29 is 18.7 Å². The molecule has 0 fully saturated rings. The van der Waals surface area contributed by atoms with E-state index in [2.05, 4.69) is 0 Å². The molecule has 0 aliphatic heterocycles. The number of aliphatic hydroxyl groups is 1. The lowest BCUT2D eigenvalue weighted by Crippen LogP contribution is -1.98. The molecule has 1 unspecified atom stereocenters. The van der Waals surface area contributed by atoms with Crippen molar-refractivity contribution in [1.82, 2.24) is 0 Å². The smallest absolute Gasteiger partial charge is 0.150 e. The van der Waals surface area contributed by atoms with Crippen LogP contribution in [-0.2, 0) is 17.7 Å². The van der Waals surface area contributed by atoms with E-state index in [-0.39, 0.29) is 17.1 Å². The molecule has 1 N–H and O–H groups in total. The predicted octanol–water partition coefficient (Wildman–Crippen LogP) is 0.229. The molecule has 0 aliphatic rings. The second kappa shape index (κ2) is 4.27. The van der Waals surface area contributed by atoms with Crippen LogP contribution in [0.4, 0.5) is 0 Å². The van der Waals surface area contributed by atoms with Crippen LogP contribution in [0.25, 0.3) is 0 Å². The average molecular weight is 199 g/mol. The van der Waals surface area contributed by atoms with E-state index in [1.807, 2.05) is 0 Å². The summed E-state index contributed by atoms with van der Waals surface area (Å²) >= 11 is -2.42. The van der Waals surface area contributed by atoms with E-state index in [4.69, 9.17) is 5.11 Å². The molecule has 70 valence electrons. The standard InChI is InChI=1S/C8H8O4S/c9-4-6-1-2-7(5-10)8(3-6)13(11)12/h1-4,10H,5H2,(H,11,12)/p-1. The van der Waals surface area contributed by atoms with Gasteiger partial charge < -0.3 is 9.66 Å². The van der Waals surface area contributed by atoms with E-state index in [1.54, 1.807) is 0 Å². The van der Waals surface area contributed by atoms with Gasteiger partial charge in [-0.2, -0.15) is 0 Å². The molecule has 4 nitrogen and oxygen atoms in total. The molecule has 0 aliphatic carbocycles. The fraction of sp³-hybridized carbons (Fsp3) is 0.125. The zero-order valence-electron chi connectivity index (χ0n) is 6.60. The third-order valence-electron chi connectivity index (χ3n) is 1.58. The minimum Gasteiger partial charge on any atom is -0.768 e. The summed E-state index contributed by atoms with van der Waals surface area (Å²) in [6.07, 6.45) is 0.553. The Hall–Kier alpha value is -1.04. The van der Waals surface area contributed by atoms with E-state index in [9.17, 15) is 13.6 Å². The van der Waals surface area contributed by atoms with Crippen molar-refractivity contribution in [2.75, 3.05) is 0 Å². The maximum atomic E-state index is 10.6. The van der Waals surface area contributed by atoms with Crippen LogP contribution in [0.5, 0.6) is 0 Å². The summed E-state index contributed by atoms with van der Waals surface area (Å²) in [5.74, 6) is 0. The molecule has 1 aromatic carbocycles. The summed E-state index contributed by atoms with van der Waals surface area (Å²) < 4.78 is 21.2. The van der Waals surface area contributed by atoms with Crippen molar-refractivity contribution in [2.45, 2.75) is 11.5 Å². The number of aldehydes is 1. The Morgan fingerprint density at radius 3 is 2.69 bits per heavy atom. The van der Waals surface area contributed by atoms with Gasteiger partial charge in [0.25, 0.3) is 0 Å². The lowest BCUT2D eigenvalue weighted by atomic mass is 10.1. The van der Waals surface area contributed by atoms with Gasteiger partial charge in [-0.25, -0.2) is 0 Å². The quantitative estimate of drug-likeness (QED) is 0.558. The number of hydrogen-bond acceptors (Lipinski definition) is 4. The molecular weight excluding hydrogens is 192 g/mol. The van der Waals surface area contributed by atoms with Gasteiger partial charge in [0.2, 0.25) is 0 Å². The third kappa shape index (κ3) is 2.21. The second-order valence-corrected chi connectivity index (χ2v) is 3.29. The molecule has 0 spiro atoms. The van der Waals surface area contributed by atoms with Gasteiger partial charge in [-0.05, 0) is 22.7 Å². The van der Waals surface area contributed by atoms with Crippen molar-refractivity contribution >= 4 is 17.4 Å². The second-order valence-electron chi connectivity index (χ2n) is 2.38. The van der Waals surface area contributed by atoms with Gasteiger partial charge in [0.1, 0.15) is 6.29 Å². The number of benzene rings is 1. The number of carbonyl (C=O) groups is 1. The average Bonchev–Trinajstić information content (AvgIpc) is 2.16. The molecule has 5 heteroatoms. The molecule has 1 atom stereocenters. The minimum absolute atomic E-state index is 0.0351. The van der Waals surface area contributed by atoms with Gasteiger partial charge in [0, 0.05) is 10.5 Å². The largest absolute Gasteiger partial charge is 0.768 e. The predicted molar refractivity (Wildman–Crippen MR) is 44.9 cm³/mol. The van der Waals surface area contributed by atoms with Crippen molar-refractivity contribution in [2.24, 2.45) is 0 Å². The Morgan fingerprint density at radius 1 is 1.54 bits per heavy atom. The summed E-state index contributed by atoms with van der Waals surface area (Å²) in [4.78, 5) is 10.3. The lowest BCUT2D eigenvalue weighted by molar-refractivity contribution is 0.112. The molecule has 0 radical (unpaired) electrons. The summed E-state index contributed by atoms with van der Waals surface area (Å²) in [5.41, 5.74) is 0.565. The van der Waals surface area contributed by atoms with E-state index < -0.39 is 11.1 Å². The highest BCUT2D eigenvalue weighted by Gasteiger charge is 2.02. The van der Waals surface area contributed by atoms with Crippen LogP contribution in [0.3, 0.4) is 0 Å². The van der Waals surface area contributed by atoms with Crippen LogP contribution in [0.2, 0.25) is 0 Å². The maximum absolute atomic E-state index is 10.6. The van der Waals surface area contributed by atoms with Crippen LogP contribution in [0.1, 0.15) is 15.9 Å². The SMILES string of the molecule is O=Cc1ccc(CO)c(S(=O)[O-])c1. The monoisotopic (exact) mass is 199 g/mol. The number of rotatable bonds is 3. The maximum Gasteiger partial charge on any atom is 0.150 e. The van der Waals surface area contributed by atoms with Crippen molar-refractivity contribution in [3.8, 4) is 0 Å². The van der Waals surface area contributed by atoms with Gasteiger partial charge in [0.05, 0.1) is 6.61 Å². The summed E-state index contributed by atoms with van der Waals surface area (Å²) in [6, 6.07) is 4.09. The zero-order chi connectivity index (χ0) is 9.84. The Balaban J connectivity index is 3.25. The van der Waals surface area contributed by atoms with Gasteiger partial charge in [-0.3, -0.25) is 9.00 Å². The molecule has 1 aromatic rings. The van der Waals surface area contributed by atoms with E-state index in [1.165, 1.54) is 18.2 Å². The first-order valence-electron chi connectivity index (χ1n) is 3.47. The number of hydrogen-bond donors (Lipinski definition) is 1. The molecule has 0 saturated carbocycles. The van der Waals surface area contributed by atoms with Gasteiger partial charge >= 0.3 is 0 Å². The van der Waals surface area contributed by atoms with Gasteiger partial charge in [0.15, 0.2) is 0 Å². The van der Waals surface area contributed by atoms with E-state index in [0.717, 1.165) is 0 Å². The fourth-order valence-electron chi connectivity index (χ4n) is 0.930. The first-order valence-corrected chi connectivity index (χ1v) is 4.54. The van der Waals surface area contributed by atoms with E-state index >= 15 is 0 Å². The number of aliphatic hydroxyl groups excluding tert-OH is 1. The van der Waals surface area contributed by atoms with Crippen molar-refractivity contribution in [3.05, 3.63) is 29.3 Å². The van der Waals surface area contributed by atoms with Gasteiger partial charge in [-0.15, -0.1) is 0 Å². The van der Waals surface area contributed by atoms with Crippen LogP contribution in [0.15, 0.2) is 23.1 Å². The normalized spacial score (nSPS) is 12.5. The molecule has 1 rings (SSSR count). The van der Waals surface area contributed by atoms with Crippen molar-refractivity contribution in [1.29, 1.82) is 0 Å². The highest BCUT2D eigenvalue weighted by atomic mass is 32.2. The summed E-state index contributed by atoms with van der Waals surface area (Å²) in [5, 5.41) is 8.77. The highest BCUT2D eigenvalue weighted by molar-refractivity contribution is 7.79. The fourth-order valence-corrected chi connectivity index (χ4v) is 1.51. The Bertz CT molecular complexity index is 348. The molecule has 0 amide bonds. The van der Waals surface area contributed by atoms with Gasteiger partial charge in [-0.1, -0.05) is 12.1 Å².